The van der Waals surface area contributed by atoms with Gasteiger partial charge in [0.25, 0.3) is 5.91 Å². The second-order valence-electron chi connectivity index (χ2n) is 3.80. The SMILES string of the molecule is CC1=C(CBr)c2nc3ccccc3n2C1=O. The molecule has 0 aliphatic carbocycles. The number of carbonyl (C=O) groups is 1. The molecular weight excluding hydrogens is 268 g/mol. The highest BCUT2D eigenvalue weighted by Crippen LogP contribution is 2.31. The first-order chi connectivity index (χ1) is 7.74. The van der Waals surface area contributed by atoms with Crippen LogP contribution in [0.4, 0.5) is 0 Å². The Morgan fingerprint density at radius 2 is 2.12 bits per heavy atom. The second-order valence-corrected chi connectivity index (χ2v) is 4.36. The topological polar surface area (TPSA) is 34.9 Å². The Kier molecular flexibility index (Phi) is 2.01. The maximum atomic E-state index is 12.1. The van der Waals surface area contributed by atoms with E-state index in [1.807, 2.05) is 31.2 Å². The minimum atomic E-state index is 0.0400. The van der Waals surface area contributed by atoms with E-state index < -0.39 is 0 Å². The Morgan fingerprint density at radius 3 is 2.88 bits per heavy atom. The summed E-state index contributed by atoms with van der Waals surface area (Å²) in [5.41, 5.74) is 3.53. The Balaban J connectivity index is 2.40. The normalized spacial score (nSPS) is 15.0. The number of para-hydroxylation sites is 2. The number of allylic oxidation sites excluding steroid dienone is 2. The highest BCUT2D eigenvalue weighted by Gasteiger charge is 2.29. The van der Waals surface area contributed by atoms with Crippen LogP contribution in [-0.4, -0.2) is 20.8 Å². The average Bonchev–Trinajstić information content (AvgIpc) is 2.77. The molecule has 80 valence electrons. The largest absolute Gasteiger partial charge is 0.269 e. The van der Waals surface area contributed by atoms with Crippen molar-refractivity contribution in [3.63, 3.8) is 0 Å². The molecule has 0 unspecified atom stereocenters. The van der Waals surface area contributed by atoms with Gasteiger partial charge < -0.3 is 0 Å². The van der Waals surface area contributed by atoms with Gasteiger partial charge in [-0.1, -0.05) is 28.1 Å². The van der Waals surface area contributed by atoms with Gasteiger partial charge in [-0.3, -0.25) is 9.36 Å². The van der Waals surface area contributed by atoms with Gasteiger partial charge in [0, 0.05) is 16.5 Å². The van der Waals surface area contributed by atoms with Gasteiger partial charge in [-0.25, -0.2) is 4.98 Å². The number of rotatable bonds is 1. The molecule has 16 heavy (non-hydrogen) atoms. The van der Waals surface area contributed by atoms with Crippen molar-refractivity contribution in [2.24, 2.45) is 0 Å². The zero-order chi connectivity index (χ0) is 11.3. The lowest BCUT2D eigenvalue weighted by Gasteiger charge is -1.97. The quantitative estimate of drug-likeness (QED) is 0.751. The number of fused-ring (bicyclic) bond motifs is 3. The molecule has 0 N–H and O–H groups in total. The fourth-order valence-electron chi connectivity index (χ4n) is 2.06. The van der Waals surface area contributed by atoms with Crippen molar-refractivity contribution in [1.82, 2.24) is 9.55 Å². The van der Waals surface area contributed by atoms with Crippen LogP contribution in [0, 0.1) is 0 Å². The highest BCUT2D eigenvalue weighted by molar-refractivity contribution is 9.09. The molecular formula is C12H9BrN2O. The van der Waals surface area contributed by atoms with Crippen LogP contribution >= 0.6 is 15.9 Å². The van der Waals surface area contributed by atoms with E-state index in [9.17, 15) is 4.79 Å². The van der Waals surface area contributed by atoms with Crippen LogP contribution in [0.5, 0.6) is 0 Å². The van der Waals surface area contributed by atoms with Gasteiger partial charge in [0.1, 0.15) is 5.82 Å². The van der Waals surface area contributed by atoms with Gasteiger partial charge in [0.15, 0.2) is 0 Å². The maximum absolute atomic E-state index is 12.1. The number of imidazole rings is 1. The van der Waals surface area contributed by atoms with E-state index in [1.54, 1.807) is 4.57 Å². The molecule has 2 heterocycles. The lowest BCUT2D eigenvalue weighted by molar-refractivity contribution is 0.0966. The van der Waals surface area contributed by atoms with E-state index >= 15 is 0 Å². The molecule has 1 aromatic carbocycles. The molecule has 0 bridgehead atoms. The monoisotopic (exact) mass is 276 g/mol. The number of halogens is 1. The van der Waals surface area contributed by atoms with Crippen LogP contribution in [0.25, 0.3) is 16.6 Å². The lowest BCUT2D eigenvalue weighted by atomic mass is 10.2. The van der Waals surface area contributed by atoms with Crippen LogP contribution in [0.15, 0.2) is 29.8 Å². The minimum Gasteiger partial charge on any atom is -0.269 e. The van der Waals surface area contributed by atoms with Crippen LogP contribution < -0.4 is 0 Å². The zero-order valence-electron chi connectivity index (χ0n) is 8.70. The lowest BCUT2D eigenvalue weighted by Crippen LogP contribution is -2.06. The second kappa shape index (κ2) is 3.28. The van der Waals surface area contributed by atoms with Crippen molar-refractivity contribution in [3.8, 4) is 0 Å². The third-order valence-electron chi connectivity index (χ3n) is 2.94. The van der Waals surface area contributed by atoms with Gasteiger partial charge in [0.05, 0.1) is 11.0 Å². The molecule has 0 saturated carbocycles. The van der Waals surface area contributed by atoms with Crippen molar-refractivity contribution < 1.29 is 4.79 Å². The van der Waals surface area contributed by atoms with Crippen LogP contribution in [0.1, 0.15) is 17.5 Å². The van der Waals surface area contributed by atoms with Crippen LogP contribution in [-0.2, 0) is 0 Å². The Hall–Kier alpha value is -1.42. The van der Waals surface area contributed by atoms with Crippen LogP contribution in [0.2, 0.25) is 0 Å². The molecule has 0 atom stereocenters. The number of hydrogen-bond acceptors (Lipinski definition) is 2. The molecule has 1 aliphatic heterocycles. The summed E-state index contributed by atoms with van der Waals surface area (Å²) in [4.78, 5) is 16.6. The number of carbonyl (C=O) groups excluding carboxylic acids is 1. The Labute approximate surface area is 101 Å². The number of hydrogen-bond donors (Lipinski definition) is 0. The molecule has 3 nitrogen and oxygen atoms in total. The molecule has 3 rings (SSSR count). The predicted octanol–water partition coefficient (Wildman–Crippen LogP) is 2.86. The summed E-state index contributed by atoms with van der Waals surface area (Å²) in [5, 5.41) is 0.661. The molecule has 1 aromatic heterocycles. The maximum Gasteiger partial charge on any atom is 0.260 e. The summed E-state index contributed by atoms with van der Waals surface area (Å²) in [7, 11) is 0. The van der Waals surface area contributed by atoms with Gasteiger partial charge in [-0.05, 0) is 19.1 Å². The Morgan fingerprint density at radius 1 is 1.38 bits per heavy atom. The van der Waals surface area contributed by atoms with Crippen molar-refractivity contribution in [2.75, 3.05) is 5.33 Å². The highest BCUT2D eigenvalue weighted by atomic mass is 79.9. The first kappa shape index (κ1) is 9.78. The van der Waals surface area contributed by atoms with Gasteiger partial charge >= 0.3 is 0 Å². The summed E-state index contributed by atoms with van der Waals surface area (Å²) in [5.74, 6) is 0.818. The van der Waals surface area contributed by atoms with Crippen LogP contribution in [0.3, 0.4) is 0 Å². The first-order valence-corrected chi connectivity index (χ1v) is 6.14. The Bertz CT molecular complexity index is 640. The smallest absolute Gasteiger partial charge is 0.260 e. The van der Waals surface area contributed by atoms with Gasteiger partial charge in [-0.2, -0.15) is 0 Å². The molecule has 0 saturated heterocycles. The third-order valence-corrected chi connectivity index (χ3v) is 3.50. The fourth-order valence-corrected chi connectivity index (χ4v) is 2.73. The fraction of sp³-hybridized carbons (Fsp3) is 0.167. The van der Waals surface area contributed by atoms with Gasteiger partial charge in [0.2, 0.25) is 0 Å². The number of nitrogens with zero attached hydrogens (tertiary/aromatic N) is 2. The van der Waals surface area contributed by atoms with E-state index in [2.05, 4.69) is 20.9 Å². The predicted molar refractivity (Wildman–Crippen MR) is 66.7 cm³/mol. The van der Waals surface area contributed by atoms with Crippen molar-refractivity contribution in [1.29, 1.82) is 0 Å². The van der Waals surface area contributed by atoms with Crippen molar-refractivity contribution in [2.45, 2.75) is 6.92 Å². The van der Waals surface area contributed by atoms with E-state index in [1.165, 1.54) is 0 Å². The molecule has 0 radical (unpaired) electrons. The number of benzene rings is 1. The standard InChI is InChI=1S/C12H9BrN2O/c1-7-8(6-13)11-14-9-4-2-3-5-10(9)15(11)12(7)16/h2-5H,6H2,1H3. The molecule has 0 fully saturated rings. The van der Waals surface area contributed by atoms with Crippen molar-refractivity contribution >= 4 is 38.4 Å². The van der Waals surface area contributed by atoms with Crippen molar-refractivity contribution in [3.05, 3.63) is 35.7 Å². The molecule has 0 spiro atoms. The summed E-state index contributed by atoms with van der Waals surface area (Å²) >= 11 is 3.41. The molecule has 4 heteroatoms. The summed E-state index contributed by atoms with van der Waals surface area (Å²) in [6, 6.07) is 7.70. The molecule has 0 amide bonds. The first-order valence-electron chi connectivity index (χ1n) is 5.02. The average molecular weight is 277 g/mol. The van der Waals surface area contributed by atoms with E-state index in [4.69, 9.17) is 0 Å². The van der Waals surface area contributed by atoms with Gasteiger partial charge in [-0.15, -0.1) is 0 Å². The summed E-state index contributed by atoms with van der Waals surface area (Å²) < 4.78 is 1.70. The van der Waals surface area contributed by atoms with E-state index in [-0.39, 0.29) is 5.91 Å². The summed E-state index contributed by atoms with van der Waals surface area (Å²) in [6.07, 6.45) is 0. The molecule has 2 aromatic rings. The number of alkyl halides is 1. The van der Waals surface area contributed by atoms with E-state index in [0.29, 0.717) is 5.33 Å². The van der Waals surface area contributed by atoms with E-state index in [0.717, 1.165) is 28.0 Å². The minimum absolute atomic E-state index is 0.0400. The summed E-state index contributed by atoms with van der Waals surface area (Å²) in [6.45, 7) is 1.85. The third kappa shape index (κ3) is 1.08. The molecule has 1 aliphatic rings. The zero-order valence-corrected chi connectivity index (χ0v) is 10.3. The number of aromatic nitrogens is 2.